The number of aromatic hydroxyl groups is 1. The number of fused-ring (bicyclic) bond motifs is 9. The molecule has 3 N–H and O–H groups in total. The van der Waals surface area contributed by atoms with Crippen LogP contribution in [0, 0.1) is 29.6 Å². The number of phenols is 1. The van der Waals surface area contributed by atoms with Crippen molar-refractivity contribution in [3.63, 3.8) is 0 Å². The van der Waals surface area contributed by atoms with E-state index in [2.05, 4.69) is 10.3 Å². The number of ether oxygens (including phenoxy) is 1. The number of carbonyl (C=O) groups is 3. The number of methoxy groups -OCH3 is 1. The number of nitrogens with one attached hydrogen (secondary N) is 2. The van der Waals surface area contributed by atoms with Gasteiger partial charge in [-0.3, -0.25) is 24.1 Å². The molecule has 7 rings (SSSR count). The minimum Gasteiger partial charge on any atom is -0.508 e. The number of aromatic amines is 1. The van der Waals surface area contributed by atoms with Gasteiger partial charge in [0.2, 0.25) is 17.7 Å². The molecule has 4 aliphatic rings. The maximum absolute atomic E-state index is 13.7. The first kappa shape index (κ1) is 25.4. The molecule has 40 heavy (non-hydrogen) atoms. The summed E-state index contributed by atoms with van der Waals surface area (Å²) in [4.78, 5) is 57.5. The van der Waals surface area contributed by atoms with Crippen LogP contribution in [0.5, 0.6) is 11.5 Å². The summed E-state index contributed by atoms with van der Waals surface area (Å²) < 4.78 is 5.14. The Kier molecular flexibility index (Phi) is 6.04. The molecular weight excluding hydrogens is 550 g/mol. The van der Waals surface area contributed by atoms with Crippen LogP contribution in [-0.2, 0) is 14.4 Å². The number of H-pyrrole nitrogens is 1. The number of anilines is 1. The van der Waals surface area contributed by atoms with Crippen molar-refractivity contribution in [3.05, 3.63) is 68.6 Å². The molecule has 2 aliphatic carbocycles. The number of carbonyl (C=O) groups excluding carboxylic acids is 3. The number of rotatable bonds is 6. The second-order valence-corrected chi connectivity index (χ2v) is 13.1. The van der Waals surface area contributed by atoms with Gasteiger partial charge >= 0.3 is 4.87 Å². The summed E-state index contributed by atoms with van der Waals surface area (Å²) in [5.74, 6) is -0.527. The summed E-state index contributed by atoms with van der Waals surface area (Å²) in [6.07, 6.45) is 0.823. The lowest BCUT2D eigenvalue weighted by Crippen LogP contribution is -2.42. The largest absolute Gasteiger partial charge is 0.508 e. The van der Waals surface area contributed by atoms with Gasteiger partial charge < -0.3 is 20.1 Å². The van der Waals surface area contributed by atoms with Gasteiger partial charge in [-0.15, -0.1) is 11.8 Å². The molecule has 9 nitrogen and oxygen atoms in total. The van der Waals surface area contributed by atoms with Gasteiger partial charge in [0, 0.05) is 34.7 Å². The highest BCUT2D eigenvalue weighted by Gasteiger charge is 2.69. The van der Waals surface area contributed by atoms with E-state index in [1.54, 1.807) is 55.3 Å². The van der Waals surface area contributed by atoms with E-state index in [-0.39, 0.29) is 76.1 Å². The van der Waals surface area contributed by atoms with Gasteiger partial charge in [-0.25, -0.2) is 0 Å². The monoisotopic (exact) mass is 577 g/mol. The first-order valence-electron chi connectivity index (χ1n) is 13.3. The summed E-state index contributed by atoms with van der Waals surface area (Å²) >= 11 is 2.85. The molecule has 11 heteroatoms. The van der Waals surface area contributed by atoms with Crippen molar-refractivity contribution in [2.75, 3.05) is 19.0 Å². The van der Waals surface area contributed by atoms with Gasteiger partial charge in [0.25, 0.3) is 0 Å². The topological polar surface area (TPSA) is 129 Å². The van der Waals surface area contributed by atoms with Gasteiger partial charge in [0.05, 0.1) is 24.0 Å². The molecule has 3 amide bonds. The van der Waals surface area contributed by atoms with Gasteiger partial charge in [-0.05, 0) is 66.1 Å². The quantitative estimate of drug-likeness (QED) is 0.382. The van der Waals surface area contributed by atoms with Crippen LogP contribution in [0.4, 0.5) is 5.69 Å². The molecule has 0 radical (unpaired) electrons. The minimum atomic E-state index is -0.402. The molecule has 1 saturated heterocycles. The van der Waals surface area contributed by atoms with E-state index in [1.807, 2.05) is 12.1 Å². The van der Waals surface area contributed by atoms with Crippen molar-refractivity contribution >= 4 is 46.5 Å². The van der Waals surface area contributed by atoms with Gasteiger partial charge in [0.15, 0.2) is 0 Å². The lowest BCUT2D eigenvalue weighted by atomic mass is 9.68. The lowest BCUT2D eigenvalue weighted by Gasteiger charge is -2.43. The third kappa shape index (κ3) is 3.89. The van der Waals surface area contributed by atoms with Gasteiger partial charge in [0.1, 0.15) is 11.5 Å². The molecule has 3 aromatic rings. The molecule has 3 heterocycles. The average molecular weight is 578 g/mol. The molecule has 3 fully saturated rings. The number of thiazole rings is 1. The van der Waals surface area contributed by atoms with Crippen molar-refractivity contribution in [3.8, 4) is 11.5 Å². The van der Waals surface area contributed by atoms with E-state index in [0.717, 1.165) is 21.9 Å². The predicted octanol–water partition coefficient (Wildman–Crippen LogP) is 3.65. The Morgan fingerprint density at radius 1 is 1.05 bits per heavy atom. The number of likely N-dealkylation sites (tertiary alicyclic amines) is 1. The van der Waals surface area contributed by atoms with E-state index in [1.165, 1.54) is 16.2 Å². The van der Waals surface area contributed by atoms with Crippen LogP contribution in [-0.4, -0.2) is 51.6 Å². The molecule has 2 saturated carbocycles. The maximum Gasteiger partial charge on any atom is 0.305 e. The fourth-order valence-corrected chi connectivity index (χ4v) is 10.4. The van der Waals surface area contributed by atoms with Crippen LogP contribution in [0.1, 0.15) is 29.2 Å². The first-order chi connectivity index (χ1) is 19.3. The highest BCUT2D eigenvalue weighted by atomic mass is 32.2. The van der Waals surface area contributed by atoms with Gasteiger partial charge in [-0.1, -0.05) is 23.5 Å². The Bertz CT molecular complexity index is 1570. The van der Waals surface area contributed by atoms with Crippen LogP contribution < -0.4 is 14.9 Å². The highest BCUT2D eigenvalue weighted by Crippen LogP contribution is 2.68. The van der Waals surface area contributed by atoms with Crippen molar-refractivity contribution < 1.29 is 24.2 Å². The second kappa shape index (κ2) is 9.52. The zero-order valence-corrected chi connectivity index (χ0v) is 23.2. The van der Waals surface area contributed by atoms with E-state index in [0.29, 0.717) is 11.4 Å². The van der Waals surface area contributed by atoms with E-state index >= 15 is 0 Å². The number of nitrogens with zero attached hydrogens (tertiary/aromatic N) is 1. The van der Waals surface area contributed by atoms with Crippen molar-refractivity contribution in [1.82, 2.24) is 9.88 Å². The molecule has 7 unspecified atom stereocenters. The van der Waals surface area contributed by atoms with Crippen LogP contribution in [0.15, 0.2) is 58.4 Å². The van der Waals surface area contributed by atoms with Crippen LogP contribution in [0.3, 0.4) is 0 Å². The third-order valence-corrected chi connectivity index (χ3v) is 11.6. The van der Waals surface area contributed by atoms with Crippen LogP contribution in [0.25, 0.3) is 0 Å². The number of phenolic OH excluding ortho intramolecular Hbond substituents is 1. The predicted molar refractivity (Wildman–Crippen MR) is 150 cm³/mol. The molecule has 206 valence electrons. The van der Waals surface area contributed by atoms with Crippen LogP contribution in [0.2, 0.25) is 0 Å². The van der Waals surface area contributed by atoms with Crippen LogP contribution >= 0.6 is 23.1 Å². The number of amides is 3. The van der Waals surface area contributed by atoms with E-state index in [9.17, 15) is 24.3 Å². The Labute approximate surface area is 237 Å². The second-order valence-electron chi connectivity index (χ2n) is 10.9. The normalized spacial score (nSPS) is 29.7. The van der Waals surface area contributed by atoms with Gasteiger partial charge in [-0.2, -0.15) is 0 Å². The SMILES string of the molecule is COc1ccc(NC(=O)CCN2C(=O)C3C4CC(C3C2=O)C2C(c3ccc(O)cc3)c3sc(=O)[nH]c3SC42)cc1. The summed E-state index contributed by atoms with van der Waals surface area (Å²) in [7, 11) is 1.57. The summed E-state index contributed by atoms with van der Waals surface area (Å²) in [6, 6.07) is 14.1. The lowest BCUT2D eigenvalue weighted by molar-refractivity contribution is -0.141. The zero-order valence-electron chi connectivity index (χ0n) is 21.5. The number of aromatic nitrogens is 1. The smallest absolute Gasteiger partial charge is 0.305 e. The summed E-state index contributed by atoms with van der Waals surface area (Å²) in [6.45, 7) is 0.0522. The number of hydrogen-bond donors (Lipinski definition) is 3. The van der Waals surface area contributed by atoms with Crippen molar-refractivity contribution in [2.45, 2.75) is 29.0 Å². The molecule has 2 bridgehead atoms. The molecule has 0 spiro atoms. The first-order valence-corrected chi connectivity index (χ1v) is 15.0. The third-order valence-electron chi connectivity index (χ3n) is 9.00. The number of hydrogen-bond acceptors (Lipinski definition) is 8. The number of benzene rings is 2. The number of thioether (sulfide) groups is 1. The Balaban J connectivity index is 1.12. The number of imide groups is 1. The highest BCUT2D eigenvalue weighted by molar-refractivity contribution is 8.00. The minimum absolute atomic E-state index is 0.00577. The standard InChI is InChI=1S/C29H27N3O6S2/c1-38-16-8-4-14(5-9-16)30-19(34)10-11-32-27(35)22-17-12-18(23(22)28(32)36)24-21(17)20(13-2-6-15(33)7-3-13)25-26(39-24)31-29(37)40-25/h2-9,17-18,20-24,33H,10-12H2,1H3,(H,30,34)(H,31,37). The Morgan fingerprint density at radius 2 is 1.75 bits per heavy atom. The summed E-state index contributed by atoms with van der Waals surface area (Å²) in [5.41, 5.74) is 1.62. The van der Waals surface area contributed by atoms with E-state index < -0.39 is 5.92 Å². The zero-order chi connectivity index (χ0) is 27.7. The Hall–Kier alpha value is -3.57. The molecule has 2 aliphatic heterocycles. The van der Waals surface area contributed by atoms with E-state index in [4.69, 9.17) is 4.74 Å². The van der Waals surface area contributed by atoms with Crippen molar-refractivity contribution in [1.29, 1.82) is 0 Å². The average Bonchev–Trinajstić information content (AvgIpc) is 3.68. The maximum atomic E-state index is 13.7. The fraction of sp³-hybridized carbons (Fsp3) is 0.379. The Morgan fingerprint density at radius 3 is 2.45 bits per heavy atom. The molecule has 7 atom stereocenters. The molecule has 1 aromatic heterocycles. The molecule has 2 aromatic carbocycles. The molecular formula is C29H27N3O6S2. The fourth-order valence-electron chi connectivity index (χ4n) is 7.47. The summed E-state index contributed by atoms with van der Waals surface area (Å²) in [5, 5.41) is 13.6. The van der Waals surface area contributed by atoms with Crippen molar-refractivity contribution in [2.24, 2.45) is 29.6 Å².